The Morgan fingerprint density at radius 1 is 1.19 bits per heavy atom. The molecule has 1 saturated heterocycles. The molecule has 2 amide bonds. The molecule has 1 atom stereocenters. The van der Waals surface area contributed by atoms with Crippen molar-refractivity contribution >= 4 is 23.6 Å². The average molecular weight is 383 g/mol. The lowest BCUT2D eigenvalue weighted by Gasteiger charge is -2.33. The number of nitrogens with zero attached hydrogens (tertiary/aromatic N) is 1. The third kappa shape index (κ3) is 4.35. The molecule has 1 aromatic carbocycles. The fraction of sp³-hybridized carbons (Fsp3) is 0.556. The van der Waals surface area contributed by atoms with Crippen molar-refractivity contribution in [2.45, 2.75) is 37.8 Å². The summed E-state index contributed by atoms with van der Waals surface area (Å²) in [7, 11) is 0. The molecule has 5 nitrogen and oxygen atoms in total. The zero-order chi connectivity index (χ0) is 18.7. The smallest absolute Gasteiger partial charge is 0.251 e. The lowest BCUT2D eigenvalue weighted by atomic mass is 9.81. The van der Waals surface area contributed by atoms with Crippen molar-refractivity contribution in [3.05, 3.63) is 35.4 Å². The Balaban J connectivity index is 1.49. The molecule has 2 fully saturated rings. The number of amides is 2. The van der Waals surface area contributed by atoms with E-state index in [1.54, 1.807) is 11.8 Å². The van der Waals surface area contributed by atoms with Crippen molar-refractivity contribution in [2.24, 2.45) is 11.7 Å². The minimum Gasteiger partial charge on any atom is -0.349 e. The first-order valence-electron chi connectivity index (χ1n) is 8.83. The van der Waals surface area contributed by atoms with E-state index in [4.69, 9.17) is 5.73 Å². The maximum absolute atomic E-state index is 13.3. The largest absolute Gasteiger partial charge is 0.349 e. The number of thioether (sulfide) groups is 1. The van der Waals surface area contributed by atoms with Gasteiger partial charge >= 0.3 is 0 Å². The van der Waals surface area contributed by atoms with E-state index < -0.39 is 23.6 Å². The van der Waals surface area contributed by atoms with Crippen molar-refractivity contribution in [3.63, 3.8) is 0 Å². The molecular formula is C18H23F2N3O2S. The molecular weight excluding hydrogens is 360 g/mol. The molecule has 8 heteroatoms. The maximum Gasteiger partial charge on any atom is 0.251 e. The Bertz CT molecular complexity index is 674. The van der Waals surface area contributed by atoms with Gasteiger partial charge in [0, 0.05) is 23.9 Å². The second-order valence-corrected chi connectivity index (χ2v) is 7.95. The second-order valence-electron chi connectivity index (χ2n) is 6.88. The van der Waals surface area contributed by atoms with Crippen LogP contribution in [0.2, 0.25) is 0 Å². The van der Waals surface area contributed by atoms with E-state index in [2.05, 4.69) is 5.32 Å². The van der Waals surface area contributed by atoms with Crippen LogP contribution in [0, 0.1) is 17.6 Å². The van der Waals surface area contributed by atoms with Crippen LogP contribution < -0.4 is 11.1 Å². The third-order valence-electron chi connectivity index (χ3n) is 5.15. The summed E-state index contributed by atoms with van der Waals surface area (Å²) in [5.74, 6) is -0.619. The maximum atomic E-state index is 13.3. The Morgan fingerprint density at radius 3 is 2.54 bits per heavy atom. The highest BCUT2D eigenvalue weighted by Crippen LogP contribution is 2.28. The van der Waals surface area contributed by atoms with Gasteiger partial charge in [-0.15, -0.1) is 11.8 Å². The SMILES string of the molecule is NC(C(=O)N1CCSC1)C1CCC(NC(=O)c2ccc(F)c(F)c2)CC1. The predicted octanol–water partition coefficient (Wildman–Crippen LogP) is 2.11. The lowest BCUT2D eigenvalue weighted by Crippen LogP contribution is -2.49. The predicted molar refractivity (Wildman–Crippen MR) is 96.6 cm³/mol. The second kappa shape index (κ2) is 8.35. The highest BCUT2D eigenvalue weighted by Gasteiger charge is 2.33. The molecule has 3 rings (SSSR count). The van der Waals surface area contributed by atoms with E-state index in [-0.39, 0.29) is 23.4 Å². The van der Waals surface area contributed by atoms with Crippen LogP contribution in [0.4, 0.5) is 8.78 Å². The quantitative estimate of drug-likeness (QED) is 0.835. The van der Waals surface area contributed by atoms with E-state index in [1.807, 2.05) is 4.90 Å². The molecule has 1 aliphatic carbocycles. The van der Waals surface area contributed by atoms with Crippen LogP contribution in [0.1, 0.15) is 36.0 Å². The molecule has 0 bridgehead atoms. The summed E-state index contributed by atoms with van der Waals surface area (Å²) in [5.41, 5.74) is 6.28. The molecule has 1 aromatic rings. The highest BCUT2D eigenvalue weighted by molar-refractivity contribution is 7.99. The van der Waals surface area contributed by atoms with Crippen LogP contribution in [0.15, 0.2) is 18.2 Å². The van der Waals surface area contributed by atoms with Gasteiger partial charge in [-0.1, -0.05) is 0 Å². The first-order chi connectivity index (χ1) is 12.5. The first kappa shape index (κ1) is 19.1. The van der Waals surface area contributed by atoms with E-state index >= 15 is 0 Å². The molecule has 1 unspecified atom stereocenters. The van der Waals surface area contributed by atoms with Gasteiger partial charge in [0.2, 0.25) is 5.91 Å². The summed E-state index contributed by atoms with van der Waals surface area (Å²) >= 11 is 1.73. The summed E-state index contributed by atoms with van der Waals surface area (Å²) in [6.07, 6.45) is 2.96. The fourth-order valence-electron chi connectivity index (χ4n) is 3.53. The number of halogens is 2. The monoisotopic (exact) mass is 383 g/mol. The molecule has 0 aromatic heterocycles. The minimum absolute atomic E-state index is 0.0178. The topological polar surface area (TPSA) is 75.4 Å². The van der Waals surface area contributed by atoms with Crippen LogP contribution in [0.3, 0.4) is 0 Å². The third-order valence-corrected chi connectivity index (χ3v) is 6.11. The minimum atomic E-state index is -1.04. The number of rotatable bonds is 4. The molecule has 142 valence electrons. The van der Waals surface area contributed by atoms with Crippen molar-refractivity contribution in [1.29, 1.82) is 0 Å². The molecule has 0 radical (unpaired) electrons. The van der Waals surface area contributed by atoms with E-state index in [0.717, 1.165) is 50.1 Å². The van der Waals surface area contributed by atoms with Gasteiger partial charge in [0.1, 0.15) is 0 Å². The molecule has 2 aliphatic rings. The fourth-order valence-corrected chi connectivity index (χ4v) is 4.48. The van der Waals surface area contributed by atoms with Gasteiger partial charge in [-0.3, -0.25) is 9.59 Å². The Labute approximate surface area is 155 Å². The summed E-state index contributed by atoms with van der Waals surface area (Å²) in [5, 5.41) is 2.86. The number of hydrogen-bond acceptors (Lipinski definition) is 4. The molecule has 1 heterocycles. The normalized spacial score (nSPS) is 24.3. The van der Waals surface area contributed by atoms with E-state index in [1.165, 1.54) is 6.07 Å². The van der Waals surface area contributed by atoms with Crippen molar-refractivity contribution in [1.82, 2.24) is 10.2 Å². The van der Waals surface area contributed by atoms with Gasteiger partial charge in [0.05, 0.1) is 11.9 Å². The number of nitrogens with one attached hydrogen (secondary N) is 1. The first-order valence-corrected chi connectivity index (χ1v) is 9.99. The molecule has 3 N–H and O–H groups in total. The summed E-state index contributed by atoms with van der Waals surface area (Å²) < 4.78 is 26.2. The number of benzene rings is 1. The van der Waals surface area contributed by atoms with Crippen LogP contribution in [-0.4, -0.2) is 47.0 Å². The Hall–Kier alpha value is -1.67. The van der Waals surface area contributed by atoms with Gasteiger partial charge in [0.15, 0.2) is 11.6 Å². The van der Waals surface area contributed by atoms with Crippen LogP contribution in [0.5, 0.6) is 0 Å². The summed E-state index contributed by atoms with van der Waals surface area (Å²) in [6.45, 7) is 0.761. The van der Waals surface area contributed by atoms with Crippen molar-refractivity contribution < 1.29 is 18.4 Å². The standard InChI is InChI=1S/C18H23F2N3O2S/c19-14-6-3-12(9-15(14)20)17(24)22-13-4-1-11(2-5-13)16(21)18(25)23-7-8-26-10-23/h3,6,9,11,13,16H,1-2,4-5,7-8,10,21H2,(H,22,24). The van der Waals surface area contributed by atoms with E-state index in [0.29, 0.717) is 5.88 Å². The molecule has 0 spiro atoms. The number of carbonyl (C=O) groups is 2. The number of hydrogen-bond donors (Lipinski definition) is 2. The van der Waals surface area contributed by atoms with Gasteiger partial charge < -0.3 is 16.0 Å². The molecule has 26 heavy (non-hydrogen) atoms. The van der Waals surface area contributed by atoms with Crippen LogP contribution >= 0.6 is 11.8 Å². The number of carbonyl (C=O) groups excluding carboxylic acids is 2. The van der Waals surface area contributed by atoms with Gasteiger partial charge in [0.25, 0.3) is 5.91 Å². The van der Waals surface area contributed by atoms with Crippen LogP contribution in [0.25, 0.3) is 0 Å². The summed E-state index contributed by atoms with van der Waals surface area (Å²) in [6, 6.07) is 2.58. The van der Waals surface area contributed by atoms with Crippen molar-refractivity contribution in [2.75, 3.05) is 18.2 Å². The van der Waals surface area contributed by atoms with Crippen LogP contribution in [-0.2, 0) is 4.79 Å². The van der Waals surface area contributed by atoms with Gasteiger partial charge in [-0.05, 0) is 49.8 Å². The Morgan fingerprint density at radius 2 is 1.92 bits per heavy atom. The molecule has 1 saturated carbocycles. The zero-order valence-corrected chi connectivity index (χ0v) is 15.2. The van der Waals surface area contributed by atoms with Gasteiger partial charge in [-0.25, -0.2) is 8.78 Å². The average Bonchev–Trinajstić information content (AvgIpc) is 3.18. The highest BCUT2D eigenvalue weighted by atomic mass is 32.2. The zero-order valence-electron chi connectivity index (χ0n) is 14.4. The van der Waals surface area contributed by atoms with E-state index in [9.17, 15) is 18.4 Å². The van der Waals surface area contributed by atoms with Crippen molar-refractivity contribution in [3.8, 4) is 0 Å². The lowest BCUT2D eigenvalue weighted by molar-refractivity contribution is -0.132. The Kier molecular flexibility index (Phi) is 6.13. The summed E-state index contributed by atoms with van der Waals surface area (Å²) in [4.78, 5) is 26.4. The van der Waals surface area contributed by atoms with Gasteiger partial charge in [-0.2, -0.15) is 0 Å². The number of nitrogens with two attached hydrogens (primary N) is 1. The molecule has 1 aliphatic heterocycles.